The van der Waals surface area contributed by atoms with E-state index in [1.54, 1.807) is 36.5 Å². The topological polar surface area (TPSA) is 105 Å². The standard InChI is InChI=1S/C16H14N4O3S/c21-16(14-9-13(18-19-14)10-6-7-10)20-24(22,23)15-5-1-4-12-11(15)3-2-8-17-12/h1-5,8-10H,6-7H2,(H,18,19)(H,20,21). The molecule has 4 rings (SSSR count). The molecule has 24 heavy (non-hydrogen) atoms. The van der Waals surface area contributed by atoms with E-state index in [9.17, 15) is 13.2 Å². The fraction of sp³-hybridized carbons (Fsp3) is 0.188. The molecule has 0 bridgehead atoms. The van der Waals surface area contributed by atoms with Crippen LogP contribution in [0.3, 0.4) is 0 Å². The zero-order valence-electron chi connectivity index (χ0n) is 12.6. The predicted octanol–water partition coefficient (Wildman–Crippen LogP) is 1.95. The lowest BCUT2D eigenvalue weighted by Crippen LogP contribution is -2.31. The molecule has 8 heteroatoms. The number of fused-ring (bicyclic) bond motifs is 1. The number of hydrogen-bond acceptors (Lipinski definition) is 5. The van der Waals surface area contributed by atoms with Gasteiger partial charge in [0.2, 0.25) is 0 Å². The maximum atomic E-state index is 12.6. The second-order valence-electron chi connectivity index (χ2n) is 5.74. The highest BCUT2D eigenvalue weighted by Gasteiger charge is 2.28. The minimum absolute atomic E-state index is 0.0133. The SMILES string of the molecule is O=C(NS(=O)(=O)c1cccc2ncccc12)c1cc(C2CC2)[nH]n1. The number of aromatic amines is 1. The van der Waals surface area contributed by atoms with E-state index >= 15 is 0 Å². The lowest BCUT2D eigenvalue weighted by atomic mass is 10.2. The zero-order valence-corrected chi connectivity index (χ0v) is 13.4. The van der Waals surface area contributed by atoms with Gasteiger partial charge in [-0.15, -0.1) is 0 Å². The Balaban J connectivity index is 1.65. The van der Waals surface area contributed by atoms with Crippen LogP contribution in [0.5, 0.6) is 0 Å². The van der Waals surface area contributed by atoms with E-state index in [0.717, 1.165) is 18.5 Å². The average Bonchev–Trinajstić information content (AvgIpc) is 3.30. The Bertz CT molecular complexity index is 1030. The van der Waals surface area contributed by atoms with Gasteiger partial charge >= 0.3 is 0 Å². The van der Waals surface area contributed by atoms with Crippen LogP contribution in [0.1, 0.15) is 34.9 Å². The van der Waals surface area contributed by atoms with Crippen LogP contribution < -0.4 is 4.72 Å². The number of rotatable bonds is 4. The van der Waals surface area contributed by atoms with Crippen molar-refractivity contribution in [3.8, 4) is 0 Å². The maximum Gasteiger partial charge on any atom is 0.285 e. The molecule has 1 saturated carbocycles. The summed E-state index contributed by atoms with van der Waals surface area (Å²) in [5.74, 6) is -0.348. The highest BCUT2D eigenvalue weighted by molar-refractivity contribution is 7.90. The van der Waals surface area contributed by atoms with Crippen molar-refractivity contribution in [2.75, 3.05) is 0 Å². The predicted molar refractivity (Wildman–Crippen MR) is 87.0 cm³/mol. The van der Waals surface area contributed by atoms with Crippen LogP contribution in [0.4, 0.5) is 0 Å². The van der Waals surface area contributed by atoms with Crippen LogP contribution in [0.2, 0.25) is 0 Å². The minimum Gasteiger partial charge on any atom is -0.281 e. The van der Waals surface area contributed by atoms with Crippen molar-refractivity contribution in [1.29, 1.82) is 0 Å². The highest BCUT2D eigenvalue weighted by atomic mass is 32.2. The molecule has 0 unspecified atom stereocenters. The van der Waals surface area contributed by atoms with Gasteiger partial charge in [0.05, 0.1) is 10.4 Å². The molecule has 1 fully saturated rings. The van der Waals surface area contributed by atoms with Crippen LogP contribution in [0.15, 0.2) is 47.5 Å². The molecule has 0 atom stereocenters. The lowest BCUT2D eigenvalue weighted by Gasteiger charge is -2.08. The molecule has 3 aromatic rings. The Hall–Kier alpha value is -2.74. The third kappa shape index (κ3) is 2.65. The molecular formula is C16H14N4O3S. The smallest absolute Gasteiger partial charge is 0.281 e. The Morgan fingerprint density at radius 1 is 1.21 bits per heavy atom. The van der Waals surface area contributed by atoms with E-state index in [1.807, 2.05) is 0 Å². The monoisotopic (exact) mass is 342 g/mol. The van der Waals surface area contributed by atoms with Gasteiger partial charge in [-0.1, -0.05) is 6.07 Å². The molecular weight excluding hydrogens is 328 g/mol. The van der Waals surface area contributed by atoms with Crippen molar-refractivity contribution in [2.24, 2.45) is 0 Å². The summed E-state index contributed by atoms with van der Waals surface area (Å²) < 4.78 is 27.2. The van der Waals surface area contributed by atoms with Crippen molar-refractivity contribution in [2.45, 2.75) is 23.7 Å². The molecule has 1 aliphatic carbocycles. The molecule has 0 aliphatic heterocycles. The summed E-state index contributed by atoms with van der Waals surface area (Å²) >= 11 is 0. The van der Waals surface area contributed by atoms with Gasteiger partial charge in [0.25, 0.3) is 15.9 Å². The van der Waals surface area contributed by atoms with Crippen molar-refractivity contribution >= 4 is 26.8 Å². The van der Waals surface area contributed by atoms with Crippen LogP contribution in [-0.2, 0) is 10.0 Å². The molecule has 0 radical (unpaired) electrons. The fourth-order valence-electron chi connectivity index (χ4n) is 2.60. The molecule has 2 aromatic heterocycles. The van der Waals surface area contributed by atoms with Gasteiger partial charge < -0.3 is 0 Å². The molecule has 1 aliphatic rings. The van der Waals surface area contributed by atoms with E-state index in [2.05, 4.69) is 19.9 Å². The lowest BCUT2D eigenvalue weighted by molar-refractivity contribution is 0.0976. The summed E-state index contributed by atoms with van der Waals surface area (Å²) in [7, 11) is -4.02. The summed E-state index contributed by atoms with van der Waals surface area (Å²) in [6, 6.07) is 9.66. The summed E-state index contributed by atoms with van der Waals surface area (Å²) in [6.07, 6.45) is 3.70. The molecule has 2 heterocycles. The first kappa shape index (κ1) is 14.8. The number of carbonyl (C=O) groups is 1. The van der Waals surface area contributed by atoms with E-state index < -0.39 is 15.9 Å². The van der Waals surface area contributed by atoms with Gasteiger partial charge in [-0.3, -0.25) is 14.9 Å². The Kier molecular flexibility index (Phi) is 3.34. The van der Waals surface area contributed by atoms with Gasteiger partial charge in [-0.05, 0) is 43.2 Å². The van der Waals surface area contributed by atoms with Crippen LogP contribution in [-0.4, -0.2) is 29.5 Å². The third-order valence-corrected chi connectivity index (χ3v) is 5.36. The summed E-state index contributed by atoms with van der Waals surface area (Å²) in [4.78, 5) is 16.4. The number of pyridine rings is 1. The molecule has 7 nitrogen and oxygen atoms in total. The van der Waals surface area contributed by atoms with Gasteiger partial charge in [-0.25, -0.2) is 13.1 Å². The minimum atomic E-state index is -4.02. The summed E-state index contributed by atoms with van der Waals surface area (Å²) in [5.41, 5.74) is 1.48. The number of hydrogen-bond donors (Lipinski definition) is 2. The first-order valence-corrected chi connectivity index (χ1v) is 8.99. The van der Waals surface area contributed by atoms with Gasteiger partial charge in [0, 0.05) is 23.2 Å². The van der Waals surface area contributed by atoms with Crippen LogP contribution >= 0.6 is 0 Å². The average molecular weight is 342 g/mol. The van der Waals surface area contributed by atoms with E-state index in [-0.39, 0.29) is 10.6 Å². The normalized spacial score (nSPS) is 14.7. The number of aromatic nitrogens is 3. The Labute approximate surface area is 138 Å². The first-order valence-electron chi connectivity index (χ1n) is 7.51. The third-order valence-electron chi connectivity index (χ3n) is 3.97. The van der Waals surface area contributed by atoms with Gasteiger partial charge in [0.1, 0.15) is 0 Å². The van der Waals surface area contributed by atoms with Crippen molar-refractivity contribution in [3.63, 3.8) is 0 Å². The summed E-state index contributed by atoms with van der Waals surface area (Å²) in [6.45, 7) is 0. The maximum absolute atomic E-state index is 12.6. The number of nitrogens with zero attached hydrogens (tertiary/aromatic N) is 2. The first-order chi connectivity index (χ1) is 11.5. The Morgan fingerprint density at radius 3 is 2.83 bits per heavy atom. The molecule has 1 aromatic carbocycles. The van der Waals surface area contributed by atoms with Crippen LogP contribution in [0.25, 0.3) is 10.9 Å². The molecule has 1 amide bonds. The second kappa shape index (κ2) is 5.41. The summed E-state index contributed by atoms with van der Waals surface area (Å²) in [5, 5.41) is 7.15. The number of benzene rings is 1. The molecule has 2 N–H and O–H groups in total. The zero-order chi connectivity index (χ0) is 16.7. The molecule has 0 spiro atoms. The van der Waals surface area contributed by atoms with Crippen molar-refractivity contribution < 1.29 is 13.2 Å². The van der Waals surface area contributed by atoms with Gasteiger partial charge in [-0.2, -0.15) is 5.10 Å². The second-order valence-corrected chi connectivity index (χ2v) is 7.39. The quantitative estimate of drug-likeness (QED) is 0.754. The molecule has 122 valence electrons. The van der Waals surface area contributed by atoms with E-state index in [4.69, 9.17) is 0 Å². The highest BCUT2D eigenvalue weighted by Crippen LogP contribution is 2.39. The fourth-order valence-corrected chi connectivity index (χ4v) is 3.77. The number of amides is 1. The molecule has 0 saturated heterocycles. The van der Waals surface area contributed by atoms with E-state index in [0.29, 0.717) is 16.8 Å². The number of H-pyrrole nitrogens is 1. The largest absolute Gasteiger partial charge is 0.285 e. The number of sulfonamides is 1. The Morgan fingerprint density at radius 2 is 2.04 bits per heavy atom. The number of carbonyl (C=O) groups excluding carboxylic acids is 1. The van der Waals surface area contributed by atoms with Gasteiger partial charge in [0.15, 0.2) is 5.69 Å². The van der Waals surface area contributed by atoms with Crippen LogP contribution in [0, 0.1) is 0 Å². The van der Waals surface area contributed by atoms with Crippen molar-refractivity contribution in [1.82, 2.24) is 19.9 Å². The number of nitrogens with one attached hydrogen (secondary N) is 2. The van der Waals surface area contributed by atoms with Crippen molar-refractivity contribution in [3.05, 3.63) is 54.0 Å². The van der Waals surface area contributed by atoms with E-state index in [1.165, 1.54) is 6.07 Å².